The van der Waals surface area contributed by atoms with E-state index in [0.29, 0.717) is 12.5 Å². The van der Waals surface area contributed by atoms with E-state index < -0.39 is 9.05 Å². The van der Waals surface area contributed by atoms with Crippen molar-refractivity contribution in [1.29, 1.82) is 0 Å². The van der Waals surface area contributed by atoms with Crippen LogP contribution in [-0.4, -0.2) is 51.4 Å². The van der Waals surface area contributed by atoms with E-state index in [4.69, 9.17) is 15.4 Å². The summed E-state index contributed by atoms with van der Waals surface area (Å²) in [5.74, 6) is 0.0611. The molecule has 4 nitrogen and oxygen atoms in total. The van der Waals surface area contributed by atoms with E-state index in [0.717, 1.165) is 45.5 Å². The number of hydrogen-bond donors (Lipinski definition) is 0. The van der Waals surface area contributed by atoms with Gasteiger partial charge in [-0.05, 0) is 38.8 Å². The van der Waals surface area contributed by atoms with Gasteiger partial charge in [-0.25, -0.2) is 8.42 Å². The Bertz CT molecular complexity index is 308. The monoisotopic (exact) mass is 283 g/mol. The molecule has 0 bridgehead atoms. The van der Waals surface area contributed by atoms with Crippen molar-refractivity contribution >= 4 is 19.7 Å². The van der Waals surface area contributed by atoms with Crippen LogP contribution >= 0.6 is 10.7 Å². The molecular weight excluding hydrogens is 262 g/mol. The summed E-state index contributed by atoms with van der Waals surface area (Å²) in [4.78, 5) is 2.27. The maximum Gasteiger partial charge on any atom is 0.232 e. The fourth-order valence-corrected chi connectivity index (χ4v) is 2.90. The molecule has 1 atom stereocenters. The molecule has 0 saturated carbocycles. The molecule has 0 aromatic rings. The standard InChI is InChI=1S/C11H22ClNO3S/c1-2-8-16-11-5-3-6-13(10-11)7-4-9-17(12,14)15/h11H,2-10H2,1H3. The number of rotatable bonds is 7. The second-order valence-electron chi connectivity index (χ2n) is 4.53. The van der Waals surface area contributed by atoms with E-state index >= 15 is 0 Å². The molecule has 1 unspecified atom stereocenters. The van der Waals surface area contributed by atoms with Gasteiger partial charge in [-0.2, -0.15) is 0 Å². The number of nitrogens with zero attached hydrogens (tertiary/aromatic N) is 1. The van der Waals surface area contributed by atoms with Crippen LogP contribution in [-0.2, 0) is 13.8 Å². The minimum atomic E-state index is -3.34. The summed E-state index contributed by atoms with van der Waals surface area (Å²) in [6.45, 7) is 5.66. The predicted molar refractivity (Wildman–Crippen MR) is 70.0 cm³/mol. The van der Waals surface area contributed by atoms with Gasteiger partial charge in [0.1, 0.15) is 0 Å². The molecule has 0 spiro atoms. The molecule has 1 saturated heterocycles. The van der Waals surface area contributed by atoms with Gasteiger partial charge in [-0.1, -0.05) is 6.92 Å². The van der Waals surface area contributed by atoms with Crippen LogP contribution in [0.1, 0.15) is 32.6 Å². The molecule has 0 aliphatic carbocycles. The van der Waals surface area contributed by atoms with Gasteiger partial charge in [0.05, 0.1) is 11.9 Å². The number of piperidine rings is 1. The van der Waals surface area contributed by atoms with Gasteiger partial charge in [0.25, 0.3) is 0 Å². The lowest BCUT2D eigenvalue weighted by atomic mass is 10.1. The van der Waals surface area contributed by atoms with Crippen LogP contribution in [0.15, 0.2) is 0 Å². The third kappa shape index (κ3) is 7.24. The van der Waals surface area contributed by atoms with Crippen molar-refractivity contribution in [2.45, 2.75) is 38.7 Å². The third-order valence-corrected chi connectivity index (χ3v) is 4.12. The van der Waals surface area contributed by atoms with Crippen molar-refractivity contribution in [3.8, 4) is 0 Å². The van der Waals surface area contributed by atoms with Gasteiger partial charge < -0.3 is 9.64 Å². The normalized spacial score (nSPS) is 22.8. The van der Waals surface area contributed by atoms with E-state index in [-0.39, 0.29) is 5.75 Å². The molecule has 0 aromatic carbocycles. The molecule has 1 rings (SSSR count). The lowest BCUT2D eigenvalue weighted by Gasteiger charge is -2.32. The van der Waals surface area contributed by atoms with Gasteiger partial charge >= 0.3 is 0 Å². The van der Waals surface area contributed by atoms with Crippen LogP contribution in [0.25, 0.3) is 0 Å². The largest absolute Gasteiger partial charge is 0.377 e. The van der Waals surface area contributed by atoms with Crippen molar-refractivity contribution in [2.75, 3.05) is 32.0 Å². The molecule has 1 fully saturated rings. The Morgan fingerprint density at radius 3 is 2.88 bits per heavy atom. The Labute approximate surface area is 109 Å². The Balaban J connectivity index is 2.20. The summed E-state index contributed by atoms with van der Waals surface area (Å²) in [6, 6.07) is 0. The molecule has 102 valence electrons. The van der Waals surface area contributed by atoms with Gasteiger partial charge in [-0.3, -0.25) is 0 Å². The van der Waals surface area contributed by atoms with Gasteiger partial charge in [0.2, 0.25) is 9.05 Å². The first-order chi connectivity index (χ1) is 8.01. The second kappa shape index (κ2) is 7.56. The molecule has 6 heteroatoms. The summed E-state index contributed by atoms with van der Waals surface area (Å²) in [5, 5.41) is 0. The van der Waals surface area contributed by atoms with Crippen LogP contribution < -0.4 is 0 Å². The Hall–Kier alpha value is 0.160. The van der Waals surface area contributed by atoms with Gasteiger partial charge in [0.15, 0.2) is 0 Å². The summed E-state index contributed by atoms with van der Waals surface area (Å²) in [6.07, 6.45) is 4.20. The first-order valence-electron chi connectivity index (χ1n) is 6.27. The molecule has 0 aromatic heterocycles. The molecule has 0 radical (unpaired) electrons. The summed E-state index contributed by atoms with van der Waals surface area (Å²) in [7, 11) is 1.84. The maximum absolute atomic E-state index is 10.8. The van der Waals surface area contributed by atoms with Crippen LogP contribution in [0, 0.1) is 0 Å². The topological polar surface area (TPSA) is 46.6 Å². The first kappa shape index (κ1) is 15.2. The molecule has 1 aliphatic rings. The first-order valence-corrected chi connectivity index (χ1v) is 8.75. The smallest absolute Gasteiger partial charge is 0.232 e. The predicted octanol–water partition coefficient (Wildman–Crippen LogP) is 1.84. The maximum atomic E-state index is 10.8. The second-order valence-corrected chi connectivity index (χ2v) is 7.43. The highest BCUT2D eigenvalue weighted by atomic mass is 35.7. The fraction of sp³-hybridized carbons (Fsp3) is 1.00. The number of hydrogen-bond acceptors (Lipinski definition) is 4. The van der Waals surface area contributed by atoms with Crippen molar-refractivity contribution in [3.05, 3.63) is 0 Å². The van der Waals surface area contributed by atoms with E-state index in [1.54, 1.807) is 0 Å². The van der Waals surface area contributed by atoms with Crippen molar-refractivity contribution in [1.82, 2.24) is 4.90 Å². The molecule has 1 aliphatic heterocycles. The van der Waals surface area contributed by atoms with Crippen molar-refractivity contribution in [2.24, 2.45) is 0 Å². The fourth-order valence-electron chi connectivity index (χ4n) is 2.10. The van der Waals surface area contributed by atoms with Crippen molar-refractivity contribution in [3.63, 3.8) is 0 Å². The van der Waals surface area contributed by atoms with E-state index in [9.17, 15) is 8.42 Å². The van der Waals surface area contributed by atoms with E-state index in [1.807, 2.05) is 0 Å². The number of halogens is 1. The average Bonchev–Trinajstić information content (AvgIpc) is 2.25. The Morgan fingerprint density at radius 1 is 1.47 bits per heavy atom. The zero-order valence-corrected chi connectivity index (χ0v) is 12.0. The van der Waals surface area contributed by atoms with Crippen LogP contribution in [0.3, 0.4) is 0 Å². The van der Waals surface area contributed by atoms with Crippen molar-refractivity contribution < 1.29 is 13.2 Å². The highest BCUT2D eigenvalue weighted by Gasteiger charge is 2.20. The molecule has 0 N–H and O–H groups in total. The van der Waals surface area contributed by atoms with E-state index in [1.165, 1.54) is 0 Å². The lowest BCUT2D eigenvalue weighted by Crippen LogP contribution is -2.40. The lowest BCUT2D eigenvalue weighted by molar-refractivity contribution is 0.000142. The van der Waals surface area contributed by atoms with Gasteiger partial charge in [0, 0.05) is 23.8 Å². The zero-order valence-electron chi connectivity index (χ0n) is 10.4. The molecule has 0 amide bonds. The van der Waals surface area contributed by atoms with Gasteiger partial charge in [-0.15, -0.1) is 0 Å². The Morgan fingerprint density at radius 2 is 2.24 bits per heavy atom. The average molecular weight is 284 g/mol. The Kier molecular flexibility index (Phi) is 6.77. The van der Waals surface area contributed by atoms with E-state index in [2.05, 4.69) is 11.8 Å². The third-order valence-electron chi connectivity index (χ3n) is 2.88. The highest BCUT2D eigenvalue weighted by molar-refractivity contribution is 8.13. The number of ether oxygens (including phenoxy) is 1. The molecule has 1 heterocycles. The van der Waals surface area contributed by atoms with Crippen LogP contribution in [0.2, 0.25) is 0 Å². The minimum Gasteiger partial charge on any atom is -0.377 e. The molecule has 17 heavy (non-hydrogen) atoms. The van der Waals surface area contributed by atoms with Crippen LogP contribution in [0.4, 0.5) is 0 Å². The SMILES string of the molecule is CCCOC1CCCN(CCCS(=O)(=O)Cl)C1. The quantitative estimate of drug-likeness (QED) is 0.669. The van der Waals surface area contributed by atoms with Crippen LogP contribution in [0.5, 0.6) is 0 Å². The summed E-state index contributed by atoms with van der Waals surface area (Å²) in [5.41, 5.74) is 0. The highest BCUT2D eigenvalue weighted by Crippen LogP contribution is 2.14. The number of likely N-dealkylation sites (tertiary alicyclic amines) is 1. The summed E-state index contributed by atoms with van der Waals surface area (Å²) < 4.78 is 27.3. The summed E-state index contributed by atoms with van der Waals surface area (Å²) >= 11 is 0. The molecular formula is C11H22ClNO3S. The zero-order chi connectivity index (χ0) is 12.7. The minimum absolute atomic E-state index is 0.0611.